The molecule has 1 aromatic heterocycles. The number of aromatic nitrogens is 1. The van der Waals surface area contributed by atoms with E-state index in [1.54, 1.807) is 0 Å². The molecule has 1 fully saturated rings. The number of aliphatic hydroxyl groups is 1. The van der Waals surface area contributed by atoms with E-state index in [0.717, 1.165) is 48.3 Å². The van der Waals surface area contributed by atoms with Gasteiger partial charge in [0.05, 0.1) is 11.6 Å². The molecule has 1 aromatic carbocycles. The summed E-state index contributed by atoms with van der Waals surface area (Å²) in [6.45, 7) is 1.74. The average Bonchev–Trinajstić information content (AvgIpc) is 2.39. The molecule has 1 aliphatic rings. The Kier molecular flexibility index (Phi) is 2.80. The highest BCUT2D eigenvalue weighted by Crippen LogP contribution is 2.22. The Balaban J connectivity index is 1.91. The molecular formula is C14H17N3O. The van der Waals surface area contributed by atoms with Crippen LogP contribution in [0.4, 0.5) is 11.5 Å². The van der Waals surface area contributed by atoms with Crippen molar-refractivity contribution in [3.8, 4) is 0 Å². The minimum Gasteiger partial charge on any atom is -0.399 e. The lowest BCUT2D eigenvalue weighted by Gasteiger charge is -2.30. The molecule has 0 radical (unpaired) electrons. The monoisotopic (exact) mass is 243 g/mol. The Morgan fingerprint density at radius 1 is 1.17 bits per heavy atom. The van der Waals surface area contributed by atoms with Gasteiger partial charge in [0.1, 0.15) is 5.82 Å². The highest BCUT2D eigenvalue weighted by atomic mass is 16.3. The molecule has 0 amide bonds. The lowest BCUT2D eigenvalue weighted by Crippen LogP contribution is -2.36. The zero-order chi connectivity index (χ0) is 12.5. The third-order valence-electron chi connectivity index (χ3n) is 3.49. The molecule has 4 nitrogen and oxygen atoms in total. The number of nitrogens with zero attached hydrogens (tertiary/aromatic N) is 2. The summed E-state index contributed by atoms with van der Waals surface area (Å²) in [5.74, 6) is 0.985. The minimum atomic E-state index is -0.151. The van der Waals surface area contributed by atoms with E-state index < -0.39 is 0 Å². The molecule has 2 aromatic rings. The third-order valence-corrected chi connectivity index (χ3v) is 3.49. The van der Waals surface area contributed by atoms with Crippen molar-refractivity contribution < 1.29 is 5.11 Å². The Morgan fingerprint density at radius 3 is 2.72 bits per heavy atom. The number of aliphatic hydroxyl groups excluding tert-OH is 1. The van der Waals surface area contributed by atoms with Crippen LogP contribution in [0.1, 0.15) is 12.8 Å². The molecular weight excluding hydrogens is 226 g/mol. The van der Waals surface area contributed by atoms with Crippen LogP contribution in [0.15, 0.2) is 30.3 Å². The highest BCUT2D eigenvalue weighted by Gasteiger charge is 2.18. The summed E-state index contributed by atoms with van der Waals surface area (Å²) >= 11 is 0. The van der Waals surface area contributed by atoms with Gasteiger partial charge in [-0.05, 0) is 43.2 Å². The minimum absolute atomic E-state index is 0.151. The summed E-state index contributed by atoms with van der Waals surface area (Å²) in [5.41, 5.74) is 7.48. The summed E-state index contributed by atoms with van der Waals surface area (Å²) in [6, 6.07) is 9.84. The molecule has 94 valence electrons. The van der Waals surface area contributed by atoms with Crippen LogP contribution < -0.4 is 10.6 Å². The van der Waals surface area contributed by atoms with Gasteiger partial charge >= 0.3 is 0 Å². The van der Waals surface area contributed by atoms with Crippen LogP contribution in [0.2, 0.25) is 0 Å². The van der Waals surface area contributed by atoms with Crippen LogP contribution >= 0.6 is 0 Å². The molecule has 0 saturated carbocycles. The van der Waals surface area contributed by atoms with E-state index in [2.05, 4.69) is 16.0 Å². The van der Waals surface area contributed by atoms with Gasteiger partial charge in [-0.3, -0.25) is 0 Å². The van der Waals surface area contributed by atoms with E-state index in [4.69, 9.17) is 5.73 Å². The summed E-state index contributed by atoms with van der Waals surface area (Å²) < 4.78 is 0. The maximum absolute atomic E-state index is 9.52. The molecule has 0 spiro atoms. The smallest absolute Gasteiger partial charge is 0.129 e. The number of pyridine rings is 1. The summed E-state index contributed by atoms with van der Waals surface area (Å²) in [5, 5.41) is 10.6. The van der Waals surface area contributed by atoms with Crippen molar-refractivity contribution in [3.05, 3.63) is 30.3 Å². The Morgan fingerprint density at radius 2 is 1.94 bits per heavy atom. The van der Waals surface area contributed by atoms with Crippen molar-refractivity contribution >= 4 is 22.4 Å². The Labute approximate surface area is 106 Å². The number of piperidine rings is 1. The lowest BCUT2D eigenvalue weighted by molar-refractivity contribution is 0.145. The van der Waals surface area contributed by atoms with Gasteiger partial charge in [-0.15, -0.1) is 0 Å². The number of benzene rings is 1. The van der Waals surface area contributed by atoms with E-state index in [1.165, 1.54) is 0 Å². The van der Waals surface area contributed by atoms with Crippen LogP contribution in [0.3, 0.4) is 0 Å². The fourth-order valence-electron chi connectivity index (χ4n) is 2.40. The molecule has 3 rings (SSSR count). The molecule has 4 heteroatoms. The number of hydrogen-bond donors (Lipinski definition) is 2. The van der Waals surface area contributed by atoms with Crippen LogP contribution in [0, 0.1) is 0 Å². The molecule has 1 aliphatic heterocycles. The van der Waals surface area contributed by atoms with Gasteiger partial charge in [-0.25, -0.2) is 4.98 Å². The SMILES string of the molecule is Nc1ccc2nc(N3CCC(O)CC3)ccc2c1. The fraction of sp³-hybridized carbons (Fsp3) is 0.357. The van der Waals surface area contributed by atoms with Gasteiger partial charge in [0.15, 0.2) is 0 Å². The predicted octanol–water partition coefficient (Wildman–Crippen LogP) is 1.78. The van der Waals surface area contributed by atoms with E-state index in [1.807, 2.05) is 24.3 Å². The Hall–Kier alpha value is -1.81. The topological polar surface area (TPSA) is 62.4 Å². The van der Waals surface area contributed by atoms with Crippen molar-refractivity contribution in [2.45, 2.75) is 18.9 Å². The first-order valence-corrected chi connectivity index (χ1v) is 6.32. The molecule has 18 heavy (non-hydrogen) atoms. The quantitative estimate of drug-likeness (QED) is 0.749. The van der Waals surface area contributed by atoms with E-state index in [9.17, 15) is 5.11 Å². The average molecular weight is 243 g/mol. The number of hydrogen-bond acceptors (Lipinski definition) is 4. The normalized spacial score (nSPS) is 17.3. The largest absolute Gasteiger partial charge is 0.399 e. The van der Waals surface area contributed by atoms with Crippen molar-refractivity contribution in [1.29, 1.82) is 0 Å². The number of nitrogens with two attached hydrogens (primary N) is 1. The first kappa shape index (κ1) is 11.3. The molecule has 2 heterocycles. The molecule has 0 atom stereocenters. The highest BCUT2D eigenvalue weighted by molar-refractivity contribution is 5.83. The number of fused-ring (bicyclic) bond motifs is 1. The second-order valence-electron chi connectivity index (χ2n) is 4.84. The van der Waals surface area contributed by atoms with Crippen LogP contribution in [0.25, 0.3) is 10.9 Å². The fourth-order valence-corrected chi connectivity index (χ4v) is 2.40. The summed E-state index contributed by atoms with van der Waals surface area (Å²) in [4.78, 5) is 6.88. The standard InChI is InChI=1S/C14H17N3O/c15-11-2-3-13-10(9-11)1-4-14(16-13)17-7-5-12(18)6-8-17/h1-4,9,12,18H,5-8,15H2. The van der Waals surface area contributed by atoms with Crippen LogP contribution in [-0.4, -0.2) is 29.3 Å². The van der Waals surface area contributed by atoms with Crippen LogP contribution in [-0.2, 0) is 0 Å². The number of rotatable bonds is 1. The molecule has 0 aliphatic carbocycles. The van der Waals surface area contributed by atoms with E-state index >= 15 is 0 Å². The van der Waals surface area contributed by atoms with Crippen molar-refractivity contribution in [1.82, 2.24) is 4.98 Å². The third kappa shape index (κ3) is 2.11. The first-order chi connectivity index (χ1) is 8.72. The molecule has 0 bridgehead atoms. The Bertz CT molecular complexity index is 562. The zero-order valence-corrected chi connectivity index (χ0v) is 10.2. The summed E-state index contributed by atoms with van der Waals surface area (Å²) in [6.07, 6.45) is 1.49. The maximum Gasteiger partial charge on any atom is 0.129 e. The maximum atomic E-state index is 9.52. The van der Waals surface area contributed by atoms with E-state index in [-0.39, 0.29) is 6.10 Å². The number of anilines is 2. The van der Waals surface area contributed by atoms with Crippen molar-refractivity contribution in [2.75, 3.05) is 23.7 Å². The van der Waals surface area contributed by atoms with Gasteiger partial charge < -0.3 is 15.7 Å². The van der Waals surface area contributed by atoms with Gasteiger partial charge in [0.25, 0.3) is 0 Å². The van der Waals surface area contributed by atoms with Gasteiger partial charge in [-0.1, -0.05) is 0 Å². The van der Waals surface area contributed by atoms with E-state index in [0.29, 0.717) is 0 Å². The second-order valence-corrected chi connectivity index (χ2v) is 4.84. The van der Waals surface area contributed by atoms with Gasteiger partial charge in [0.2, 0.25) is 0 Å². The predicted molar refractivity (Wildman–Crippen MR) is 73.6 cm³/mol. The second kappa shape index (κ2) is 4.46. The van der Waals surface area contributed by atoms with Gasteiger partial charge in [0, 0.05) is 24.2 Å². The van der Waals surface area contributed by atoms with Crippen molar-refractivity contribution in [3.63, 3.8) is 0 Å². The molecule has 0 unspecified atom stereocenters. The van der Waals surface area contributed by atoms with Gasteiger partial charge in [-0.2, -0.15) is 0 Å². The van der Waals surface area contributed by atoms with Crippen molar-refractivity contribution in [2.24, 2.45) is 0 Å². The zero-order valence-electron chi connectivity index (χ0n) is 10.2. The first-order valence-electron chi connectivity index (χ1n) is 6.32. The molecule has 3 N–H and O–H groups in total. The lowest BCUT2D eigenvalue weighted by atomic mass is 10.1. The summed E-state index contributed by atoms with van der Waals surface area (Å²) in [7, 11) is 0. The molecule has 1 saturated heterocycles. The van der Waals surface area contributed by atoms with Crippen LogP contribution in [0.5, 0.6) is 0 Å². The number of nitrogen functional groups attached to an aromatic ring is 1.